The Balaban J connectivity index is -0.00000144. The standard InChI is InChI=1S/C33H44O10.C28H40O7.C5H6O4/c1-4-5-6-7-8-9-10-11-12-13-14-15-16-17-18-19-20-21-31(36)41-26-28(43-33(38)25-23-30(35)40-3)27-42-32(37)24-22-29(34)39-2;1-3-4-5-6-7-8-9-10-11-12-13-14-15-16-17-18-19-20-27(31)34-23-25(29)24-35-28(32)22-21-26(30)33-2;1-9-5(8)3-2-4(6)7/h5-6,8-9,11-12,14-15,17-18,22-25,28H,4,7,10,13,16,19-21,26-27H2,1-3H3;4-5,7-8,10-11,13-14,16-17,21-22,25,29H,3,6,9,12,15,18-20,23-24H2,1-2H3;2-3H,1H3,(H,6,7)/b6-5-,9-8-,12-11-,15-14-,18-17-,24-22+,25-23+;5-4-,8-7-,11-10-,14-13-,17-16-,22-21+;3-2+. The van der Waals surface area contributed by atoms with Gasteiger partial charge >= 0.3 is 59.7 Å². The summed E-state index contributed by atoms with van der Waals surface area (Å²) in [5, 5.41) is 17.7. The molecule has 0 spiro atoms. The van der Waals surface area contributed by atoms with Gasteiger partial charge in [-0.3, -0.25) is 9.59 Å². The molecule has 0 aromatic rings. The summed E-state index contributed by atoms with van der Waals surface area (Å²) in [6, 6.07) is 0. The minimum Gasteiger partial charge on any atom is -0.478 e. The minimum absolute atomic E-state index is 0.138. The number of allylic oxidation sites excluding steroid dienone is 20. The summed E-state index contributed by atoms with van der Waals surface area (Å²) in [6.45, 7) is 2.79. The number of carboxylic acids is 1. The Labute approximate surface area is 512 Å². The second-order valence-electron chi connectivity index (χ2n) is 17.3. The van der Waals surface area contributed by atoms with Crippen LogP contribution in [0.5, 0.6) is 0 Å². The van der Waals surface area contributed by atoms with Crippen LogP contribution < -0.4 is 0 Å². The third-order valence-electron chi connectivity index (χ3n) is 10.0. The molecule has 0 bridgehead atoms. The van der Waals surface area contributed by atoms with Gasteiger partial charge < -0.3 is 52.8 Å². The zero-order chi connectivity index (χ0) is 65.2. The number of aliphatic carboxylic acids is 1. The molecule has 0 amide bonds. The second-order valence-corrected chi connectivity index (χ2v) is 17.3. The van der Waals surface area contributed by atoms with Crippen LogP contribution in [0.3, 0.4) is 0 Å². The molecule has 0 aliphatic heterocycles. The van der Waals surface area contributed by atoms with Crippen LogP contribution in [0.4, 0.5) is 0 Å². The third kappa shape index (κ3) is 66.0. The van der Waals surface area contributed by atoms with E-state index in [2.05, 4.69) is 136 Å². The van der Waals surface area contributed by atoms with Crippen LogP contribution in [0, 0.1) is 0 Å². The van der Waals surface area contributed by atoms with E-state index >= 15 is 0 Å². The molecule has 0 rings (SSSR count). The van der Waals surface area contributed by atoms with Crippen LogP contribution in [-0.2, 0) is 90.6 Å². The number of aliphatic hydroxyl groups excluding tert-OH is 1. The first-order chi connectivity index (χ1) is 42.0. The van der Waals surface area contributed by atoms with Crippen molar-refractivity contribution >= 4 is 59.7 Å². The number of hydrogen-bond acceptors (Lipinski definition) is 20. The molecular weight excluding hydrogens is 1130 g/mol. The van der Waals surface area contributed by atoms with Gasteiger partial charge in [0.05, 0.1) is 28.4 Å². The lowest BCUT2D eigenvalue weighted by Gasteiger charge is -2.17. The van der Waals surface area contributed by atoms with Gasteiger partial charge in [0.25, 0.3) is 0 Å². The SMILES string of the molecule is CC/C=C\C/C=C\C/C=C\C/C=C\C/C=C\CCCC(=O)OCC(COC(=O)/C=C/C(=O)OC)OC(=O)/C=C/C(=O)OC.CC/C=C\C/C=C\C/C=C\C/C=C\C/C=C\CCCC(=O)OCC(O)COC(=O)/C=C/C(=O)OC.COC(=O)/C=C/C(=O)O. The number of methoxy groups -OCH3 is 4. The van der Waals surface area contributed by atoms with Crippen molar-refractivity contribution in [3.05, 3.63) is 170 Å². The molecule has 0 saturated heterocycles. The topological polar surface area (TPSA) is 294 Å². The number of carboxylic acid groups (broad SMARTS) is 1. The lowest BCUT2D eigenvalue weighted by molar-refractivity contribution is -0.162. The Bertz CT molecular complexity index is 2400. The Morgan fingerprint density at radius 1 is 0.333 bits per heavy atom. The number of ether oxygens (including phenoxy) is 9. The molecule has 0 fully saturated rings. The summed E-state index contributed by atoms with van der Waals surface area (Å²) in [7, 11) is 4.64. The third-order valence-corrected chi connectivity index (χ3v) is 10.0. The maximum atomic E-state index is 12.1. The molecule has 0 aromatic heterocycles. The van der Waals surface area contributed by atoms with Gasteiger partial charge in [0.15, 0.2) is 6.10 Å². The van der Waals surface area contributed by atoms with Crippen molar-refractivity contribution in [3.63, 3.8) is 0 Å². The van der Waals surface area contributed by atoms with E-state index in [1.54, 1.807) is 0 Å². The Morgan fingerprint density at radius 2 is 0.598 bits per heavy atom. The molecule has 0 saturated carbocycles. The van der Waals surface area contributed by atoms with Crippen molar-refractivity contribution in [2.75, 3.05) is 54.9 Å². The number of carbonyl (C=O) groups excluding carboxylic acids is 9. The van der Waals surface area contributed by atoms with Gasteiger partial charge in [0.1, 0.15) is 32.5 Å². The predicted molar refractivity (Wildman–Crippen MR) is 329 cm³/mol. The Kier molecular flexibility index (Phi) is 59.6. The highest BCUT2D eigenvalue weighted by molar-refractivity contribution is 5.93. The van der Waals surface area contributed by atoms with Gasteiger partial charge in [0.2, 0.25) is 0 Å². The molecular formula is C66H90O21. The summed E-state index contributed by atoms with van der Waals surface area (Å²) in [4.78, 5) is 112. The van der Waals surface area contributed by atoms with Gasteiger partial charge in [-0.1, -0.05) is 135 Å². The predicted octanol–water partition coefficient (Wildman–Crippen LogP) is 10.2. The van der Waals surface area contributed by atoms with E-state index < -0.39 is 78.5 Å². The molecule has 87 heavy (non-hydrogen) atoms. The van der Waals surface area contributed by atoms with E-state index in [-0.39, 0.29) is 32.7 Å². The largest absolute Gasteiger partial charge is 0.478 e. The summed E-state index contributed by atoms with van der Waals surface area (Å²) in [5.41, 5.74) is 0. The van der Waals surface area contributed by atoms with Crippen LogP contribution in [-0.4, -0.2) is 137 Å². The summed E-state index contributed by atoms with van der Waals surface area (Å²) < 4.78 is 42.1. The number of aliphatic hydroxyl groups is 1. The summed E-state index contributed by atoms with van der Waals surface area (Å²) in [5.74, 6) is -7.65. The maximum absolute atomic E-state index is 12.1. The van der Waals surface area contributed by atoms with Crippen molar-refractivity contribution in [1.82, 2.24) is 0 Å². The summed E-state index contributed by atoms with van der Waals surface area (Å²) in [6.07, 6.45) is 59.4. The average Bonchev–Trinajstić information content (AvgIpc) is 3.63. The highest BCUT2D eigenvalue weighted by Gasteiger charge is 2.19. The lowest BCUT2D eigenvalue weighted by Crippen LogP contribution is -2.30. The van der Waals surface area contributed by atoms with Crippen LogP contribution in [0.25, 0.3) is 0 Å². The monoisotopic (exact) mass is 1220 g/mol. The van der Waals surface area contributed by atoms with Gasteiger partial charge in [-0.15, -0.1) is 0 Å². The first kappa shape index (κ1) is 82.2. The fraction of sp³-hybridized carbons (Fsp3) is 0.424. The molecule has 2 unspecified atom stereocenters. The van der Waals surface area contributed by atoms with Crippen LogP contribution in [0.1, 0.15) is 117 Å². The van der Waals surface area contributed by atoms with Crippen molar-refractivity contribution < 1.29 is 101 Å². The zero-order valence-corrected chi connectivity index (χ0v) is 51.1. The maximum Gasteiger partial charge on any atom is 0.331 e. The molecule has 2 atom stereocenters. The minimum atomic E-state index is -1.17. The van der Waals surface area contributed by atoms with Crippen LogP contribution in [0.2, 0.25) is 0 Å². The average molecular weight is 1220 g/mol. The van der Waals surface area contributed by atoms with E-state index in [4.69, 9.17) is 28.8 Å². The van der Waals surface area contributed by atoms with Gasteiger partial charge in [-0.2, -0.15) is 0 Å². The van der Waals surface area contributed by atoms with Gasteiger partial charge in [-0.25, -0.2) is 38.4 Å². The van der Waals surface area contributed by atoms with Crippen molar-refractivity contribution in [2.45, 2.75) is 129 Å². The van der Waals surface area contributed by atoms with E-state index in [1.165, 1.54) is 14.2 Å². The second kappa shape index (κ2) is 63.1. The normalized spacial score (nSPS) is 12.5. The summed E-state index contributed by atoms with van der Waals surface area (Å²) >= 11 is 0. The number of hydrogen-bond donors (Lipinski definition) is 2. The number of carbonyl (C=O) groups is 10. The molecule has 2 N–H and O–H groups in total. The van der Waals surface area contributed by atoms with Crippen LogP contribution >= 0.6 is 0 Å². The Hall–Kier alpha value is -8.98. The molecule has 21 heteroatoms. The Morgan fingerprint density at radius 3 is 0.931 bits per heavy atom. The molecule has 0 aromatic carbocycles. The van der Waals surface area contributed by atoms with Crippen molar-refractivity contribution in [3.8, 4) is 0 Å². The first-order valence-corrected chi connectivity index (χ1v) is 28.3. The molecule has 0 aliphatic rings. The fourth-order valence-electron chi connectivity index (χ4n) is 5.62. The highest BCUT2D eigenvalue weighted by Crippen LogP contribution is 2.06. The molecule has 0 heterocycles. The quantitative estimate of drug-likeness (QED) is 0.0188. The zero-order valence-electron chi connectivity index (χ0n) is 51.1. The molecule has 480 valence electrons. The van der Waals surface area contributed by atoms with E-state index in [0.29, 0.717) is 25.3 Å². The molecule has 21 nitrogen and oxygen atoms in total. The smallest absolute Gasteiger partial charge is 0.331 e. The van der Waals surface area contributed by atoms with E-state index in [0.717, 1.165) is 127 Å². The molecule has 0 radical (unpaired) electrons. The first-order valence-electron chi connectivity index (χ1n) is 28.3. The van der Waals surface area contributed by atoms with Crippen molar-refractivity contribution in [1.29, 1.82) is 0 Å². The van der Waals surface area contributed by atoms with E-state index in [1.807, 2.05) is 18.2 Å². The lowest BCUT2D eigenvalue weighted by atomic mass is 10.2. The fourth-order valence-corrected chi connectivity index (χ4v) is 5.62. The van der Waals surface area contributed by atoms with Gasteiger partial charge in [-0.05, 0) is 89.9 Å². The molecule has 0 aliphatic carbocycles. The van der Waals surface area contributed by atoms with Crippen molar-refractivity contribution in [2.24, 2.45) is 0 Å². The number of unbranched alkanes of at least 4 members (excludes halogenated alkanes) is 2. The van der Waals surface area contributed by atoms with Crippen LogP contribution in [0.15, 0.2) is 170 Å². The number of esters is 9. The highest BCUT2D eigenvalue weighted by atomic mass is 16.6. The van der Waals surface area contributed by atoms with Gasteiger partial charge in [0, 0.05) is 61.4 Å². The number of rotatable bonds is 43. The van der Waals surface area contributed by atoms with E-state index in [9.17, 15) is 53.1 Å².